The second kappa shape index (κ2) is 8.70. The lowest BCUT2D eigenvalue weighted by Crippen LogP contribution is -2.22. The number of anilines is 1. The summed E-state index contributed by atoms with van der Waals surface area (Å²) < 4.78 is 7.42. The van der Waals surface area contributed by atoms with Crippen molar-refractivity contribution in [2.75, 3.05) is 11.9 Å². The van der Waals surface area contributed by atoms with Gasteiger partial charge in [0.2, 0.25) is 0 Å². The molecule has 0 aliphatic carbocycles. The Bertz CT molecular complexity index is 1040. The molecule has 0 atom stereocenters. The van der Waals surface area contributed by atoms with Crippen molar-refractivity contribution in [2.24, 2.45) is 5.41 Å². The van der Waals surface area contributed by atoms with E-state index in [-0.39, 0.29) is 11.1 Å². The summed E-state index contributed by atoms with van der Waals surface area (Å²) in [6.07, 6.45) is 1.73. The van der Waals surface area contributed by atoms with Crippen LogP contribution in [0, 0.1) is 12.3 Å². The molecule has 0 bridgehead atoms. The number of aryl methyl sites for hydroxylation is 1. The number of benzene rings is 2. The van der Waals surface area contributed by atoms with Crippen LogP contribution in [0.2, 0.25) is 5.02 Å². The largest absolute Gasteiger partial charge is 0.493 e. The fraction of sp³-hybridized carbons (Fsp3) is 0.304. The van der Waals surface area contributed by atoms with Crippen molar-refractivity contribution in [3.05, 3.63) is 81.4 Å². The first-order valence-corrected chi connectivity index (χ1v) is 9.91. The van der Waals surface area contributed by atoms with Gasteiger partial charge in [0.15, 0.2) is 0 Å². The van der Waals surface area contributed by atoms with Crippen LogP contribution in [0.5, 0.6) is 5.75 Å². The van der Waals surface area contributed by atoms with Crippen LogP contribution in [0.4, 0.5) is 5.82 Å². The van der Waals surface area contributed by atoms with Crippen molar-refractivity contribution < 1.29 is 4.74 Å². The highest BCUT2D eigenvalue weighted by atomic mass is 35.5. The number of ether oxygens (including phenoxy) is 1. The standard InChI is InChI=1S/C23H26ClN3O2/c1-16-13-19(9-10-20(16)29-15-23(2,3)4)27-12-11-21(26-22(27)28)25-14-17-5-7-18(24)8-6-17/h5-13H,14-15H2,1-4H3,(H,25,26,28). The second-order valence-corrected chi connectivity index (χ2v) is 8.68. The predicted octanol–water partition coefficient (Wildman–Crippen LogP) is 5.23. The normalized spacial score (nSPS) is 11.3. The molecule has 5 nitrogen and oxygen atoms in total. The summed E-state index contributed by atoms with van der Waals surface area (Å²) in [5, 5.41) is 3.86. The molecule has 3 rings (SSSR count). The molecule has 1 N–H and O–H groups in total. The first kappa shape index (κ1) is 20.9. The fourth-order valence-electron chi connectivity index (χ4n) is 2.73. The van der Waals surface area contributed by atoms with Gasteiger partial charge in [-0.2, -0.15) is 4.98 Å². The van der Waals surface area contributed by atoms with Gasteiger partial charge < -0.3 is 10.1 Å². The van der Waals surface area contributed by atoms with Crippen molar-refractivity contribution in [2.45, 2.75) is 34.2 Å². The molecule has 0 radical (unpaired) electrons. The van der Waals surface area contributed by atoms with Crippen LogP contribution < -0.4 is 15.7 Å². The highest BCUT2D eigenvalue weighted by molar-refractivity contribution is 6.30. The summed E-state index contributed by atoms with van der Waals surface area (Å²) in [6, 6.07) is 15.0. The van der Waals surface area contributed by atoms with Crippen LogP contribution in [0.3, 0.4) is 0 Å². The van der Waals surface area contributed by atoms with Crippen LogP contribution in [0.15, 0.2) is 59.5 Å². The van der Waals surface area contributed by atoms with Crippen LogP contribution >= 0.6 is 11.6 Å². The molecule has 3 aromatic rings. The Morgan fingerprint density at radius 2 is 1.83 bits per heavy atom. The molecule has 0 saturated heterocycles. The molecule has 29 heavy (non-hydrogen) atoms. The van der Waals surface area contributed by atoms with Gasteiger partial charge >= 0.3 is 5.69 Å². The molecular weight excluding hydrogens is 386 g/mol. The second-order valence-electron chi connectivity index (χ2n) is 8.24. The molecule has 1 heterocycles. The van der Waals surface area contributed by atoms with Gasteiger partial charge in [-0.25, -0.2) is 4.79 Å². The SMILES string of the molecule is Cc1cc(-n2ccc(NCc3ccc(Cl)cc3)nc2=O)ccc1OCC(C)(C)C. The van der Waals surface area contributed by atoms with Crippen LogP contribution in [-0.2, 0) is 6.54 Å². The van der Waals surface area contributed by atoms with Gasteiger partial charge in [0.1, 0.15) is 11.6 Å². The third kappa shape index (κ3) is 5.84. The van der Waals surface area contributed by atoms with Gasteiger partial charge in [0.25, 0.3) is 0 Å². The van der Waals surface area contributed by atoms with E-state index in [1.165, 1.54) is 4.57 Å². The number of hydrogen-bond acceptors (Lipinski definition) is 4. The summed E-state index contributed by atoms with van der Waals surface area (Å²) in [5.41, 5.74) is 2.53. The van der Waals surface area contributed by atoms with E-state index in [1.54, 1.807) is 12.3 Å². The van der Waals surface area contributed by atoms with Crippen molar-refractivity contribution >= 4 is 17.4 Å². The summed E-state index contributed by atoms with van der Waals surface area (Å²) in [4.78, 5) is 16.7. The third-order valence-electron chi connectivity index (χ3n) is 4.29. The summed E-state index contributed by atoms with van der Waals surface area (Å²) in [5.74, 6) is 1.36. The van der Waals surface area contributed by atoms with E-state index in [9.17, 15) is 4.79 Å². The summed E-state index contributed by atoms with van der Waals surface area (Å²) in [6.45, 7) is 9.55. The van der Waals surface area contributed by atoms with Gasteiger partial charge in [-0.05, 0) is 59.9 Å². The Kier molecular flexibility index (Phi) is 6.28. The van der Waals surface area contributed by atoms with Crippen LogP contribution in [-0.4, -0.2) is 16.2 Å². The van der Waals surface area contributed by atoms with Crippen molar-refractivity contribution in [1.29, 1.82) is 0 Å². The number of rotatable bonds is 6. The molecule has 6 heteroatoms. The van der Waals surface area contributed by atoms with E-state index in [0.717, 1.165) is 22.6 Å². The molecule has 0 fully saturated rings. The Labute approximate surface area is 176 Å². The maximum absolute atomic E-state index is 12.5. The van der Waals surface area contributed by atoms with Crippen molar-refractivity contribution in [3.63, 3.8) is 0 Å². The molecule has 0 saturated carbocycles. The quantitative estimate of drug-likeness (QED) is 0.603. The predicted molar refractivity (Wildman–Crippen MR) is 118 cm³/mol. The van der Waals surface area contributed by atoms with Crippen molar-refractivity contribution in [1.82, 2.24) is 9.55 Å². The zero-order valence-corrected chi connectivity index (χ0v) is 18.0. The molecule has 0 spiro atoms. The van der Waals surface area contributed by atoms with Gasteiger partial charge in [-0.1, -0.05) is 44.5 Å². The maximum Gasteiger partial charge on any atom is 0.354 e. The minimum absolute atomic E-state index is 0.0841. The van der Waals surface area contributed by atoms with Gasteiger partial charge in [-0.3, -0.25) is 4.57 Å². The lowest BCUT2D eigenvalue weighted by molar-refractivity contribution is 0.197. The average Bonchev–Trinajstić information content (AvgIpc) is 2.66. The highest BCUT2D eigenvalue weighted by Crippen LogP contribution is 2.23. The third-order valence-corrected chi connectivity index (χ3v) is 4.54. The topological polar surface area (TPSA) is 56.2 Å². The molecular formula is C23H26ClN3O2. The fourth-order valence-corrected chi connectivity index (χ4v) is 2.86. The highest BCUT2D eigenvalue weighted by Gasteiger charge is 2.12. The molecule has 1 aromatic heterocycles. The number of hydrogen-bond donors (Lipinski definition) is 1. The summed E-state index contributed by atoms with van der Waals surface area (Å²) in [7, 11) is 0. The number of aromatic nitrogens is 2. The molecule has 0 amide bonds. The Morgan fingerprint density at radius 1 is 1.10 bits per heavy atom. The lowest BCUT2D eigenvalue weighted by Gasteiger charge is -2.20. The summed E-state index contributed by atoms with van der Waals surface area (Å²) >= 11 is 5.90. The molecule has 0 aliphatic heterocycles. The zero-order valence-electron chi connectivity index (χ0n) is 17.2. The minimum Gasteiger partial charge on any atom is -0.493 e. The van der Waals surface area contributed by atoms with E-state index in [4.69, 9.17) is 16.3 Å². The van der Waals surface area contributed by atoms with E-state index < -0.39 is 0 Å². The minimum atomic E-state index is -0.339. The number of nitrogens with zero attached hydrogens (tertiary/aromatic N) is 2. The smallest absolute Gasteiger partial charge is 0.354 e. The number of nitrogens with one attached hydrogen (secondary N) is 1. The molecule has 152 valence electrons. The molecule has 0 aliphatic rings. The monoisotopic (exact) mass is 411 g/mol. The lowest BCUT2D eigenvalue weighted by atomic mass is 9.98. The Morgan fingerprint density at radius 3 is 2.45 bits per heavy atom. The molecule has 0 unspecified atom stereocenters. The Balaban J connectivity index is 1.72. The van der Waals surface area contributed by atoms with E-state index in [1.807, 2.05) is 49.4 Å². The Hall–Kier alpha value is -2.79. The van der Waals surface area contributed by atoms with E-state index in [2.05, 4.69) is 31.1 Å². The van der Waals surface area contributed by atoms with Gasteiger partial charge in [0, 0.05) is 17.8 Å². The average molecular weight is 412 g/mol. The van der Waals surface area contributed by atoms with Crippen molar-refractivity contribution in [3.8, 4) is 11.4 Å². The maximum atomic E-state index is 12.5. The van der Waals surface area contributed by atoms with E-state index in [0.29, 0.717) is 24.0 Å². The van der Waals surface area contributed by atoms with Crippen LogP contribution in [0.25, 0.3) is 5.69 Å². The first-order valence-electron chi connectivity index (χ1n) is 9.53. The van der Waals surface area contributed by atoms with Gasteiger partial charge in [-0.15, -0.1) is 0 Å². The van der Waals surface area contributed by atoms with Crippen LogP contribution in [0.1, 0.15) is 31.9 Å². The first-order chi connectivity index (χ1) is 13.7. The zero-order chi connectivity index (χ0) is 21.0. The van der Waals surface area contributed by atoms with E-state index >= 15 is 0 Å². The number of halogens is 1. The molecule has 2 aromatic carbocycles. The van der Waals surface area contributed by atoms with Gasteiger partial charge in [0.05, 0.1) is 12.3 Å².